The standard InChI is InChI=1S/C23H23ClF3N3O3S/c1-30(12-19(31)32)9-8-28-21(33)20(15-5-2-6-16(10-15)23(25,26)27)22-29-18(13-34-22)14-4-3-7-17(24)11-14/h2-7,10-11,13,20,29,34H,8-9,12H2,1H3,(H,28,33)(H,31,32). The molecule has 2 aromatic rings. The number of rotatable bonds is 9. The van der Waals surface area contributed by atoms with Gasteiger partial charge in [0, 0.05) is 18.1 Å². The molecule has 0 bridgehead atoms. The van der Waals surface area contributed by atoms with Gasteiger partial charge in [-0.2, -0.15) is 24.5 Å². The van der Waals surface area contributed by atoms with Crippen LogP contribution in [-0.2, 0) is 15.8 Å². The van der Waals surface area contributed by atoms with Gasteiger partial charge in [-0.3, -0.25) is 14.5 Å². The molecule has 0 spiro atoms. The SMILES string of the molecule is CN(CCNC(=O)C(C1=[SH]C=C(c2cccc(Cl)c2)N1)c1cccc(C(F)(F)F)c1)CC(=O)O. The molecule has 6 nitrogen and oxygen atoms in total. The van der Waals surface area contributed by atoms with Crippen molar-refractivity contribution in [2.45, 2.75) is 12.1 Å². The van der Waals surface area contributed by atoms with E-state index in [-0.39, 0.29) is 25.2 Å². The quantitative estimate of drug-likeness (QED) is 0.303. The van der Waals surface area contributed by atoms with Gasteiger partial charge in [-0.25, -0.2) is 0 Å². The van der Waals surface area contributed by atoms with E-state index < -0.39 is 29.5 Å². The fraction of sp³-hybridized carbons (Fsp3) is 0.261. The smallest absolute Gasteiger partial charge is 0.416 e. The van der Waals surface area contributed by atoms with Crippen LogP contribution in [0.2, 0.25) is 5.02 Å². The Morgan fingerprint density at radius 1 is 1.21 bits per heavy atom. The number of nitrogens with zero attached hydrogens (tertiary/aromatic N) is 1. The number of halogens is 4. The second-order valence-corrected chi connectivity index (χ2v) is 9.11. The van der Waals surface area contributed by atoms with Gasteiger partial charge in [-0.15, -0.1) is 0 Å². The summed E-state index contributed by atoms with van der Waals surface area (Å²) in [5.41, 5.74) is 0.836. The molecule has 0 radical (unpaired) electrons. The molecule has 11 heteroatoms. The number of carbonyl (C=O) groups excluding carboxylic acids is 1. The van der Waals surface area contributed by atoms with Crippen LogP contribution in [0.25, 0.3) is 5.70 Å². The Kier molecular flexibility index (Phi) is 8.40. The molecule has 1 heterocycles. The van der Waals surface area contributed by atoms with E-state index in [1.807, 2.05) is 11.5 Å². The van der Waals surface area contributed by atoms with Crippen LogP contribution in [0.4, 0.5) is 13.2 Å². The summed E-state index contributed by atoms with van der Waals surface area (Å²) in [5.74, 6) is -2.49. The number of benzene rings is 2. The third kappa shape index (κ3) is 6.85. The first kappa shape index (κ1) is 25.8. The first-order valence-electron chi connectivity index (χ1n) is 10.2. The van der Waals surface area contributed by atoms with Crippen molar-refractivity contribution >= 4 is 45.5 Å². The number of carbonyl (C=O) groups is 2. The Labute approximate surface area is 203 Å². The number of carboxylic acids is 1. The van der Waals surface area contributed by atoms with Crippen molar-refractivity contribution < 1.29 is 27.9 Å². The van der Waals surface area contributed by atoms with Crippen molar-refractivity contribution in [1.82, 2.24) is 15.5 Å². The normalized spacial score (nSPS) is 14.5. The Balaban J connectivity index is 1.82. The van der Waals surface area contributed by atoms with Gasteiger partial charge in [0.25, 0.3) is 0 Å². The van der Waals surface area contributed by atoms with Crippen molar-refractivity contribution in [3.8, 4) is 0 Å². The van der Waals surface area contributed by atoms with E-state index in [1.165, 1.54) is 17.0 Å². The Morgan fingerprint density at radius 3 is 2.62 bits per heavy atom. The van der Waals surface area contributed by atoms with E-state index in [2.05, 4.69) is 10.6 Å². The zero-order valence-electron chi connectivity index (χ0n) is 18.1. The summed E-state index contributed by atoms with van der Waals surface area (Å²) >= 11 is 6.70. The molecule has 0 aliphatic carbocycles. The molecule has 1 aliphatic heterocycles. The number of alkyl halides is 3. The predicted molar refractivity (Wildman–Crippen MR) is 129 cm³/mol. The van der Waals surface area contributed by atoms with Crippen LogP contribution in [0.5, 0.6) is 0 Å². The third-order valence-corrected chi connectivity index (χ3v) is 6.28. The largest absolute Gasteiger partial charge is 0.480 e. The molecule has 182 valence electrons. The zero-order valence-corrected chi connectivity index (χ0v) is 19.7. The molecule has 1 atom stereocenters. The van der Waals surface area contributed by atoms with Crippen molar-refractivity contribution in [3.05, 3.63) is 75.7 Å². The first-order chi connectivity index (χ1) is 16.0. The van der Waals surface area contributed by atoms with Crippen molar-refractivity contribution in [2.75, 3.05) is 26.7 Å². The summed E-state index contributed by atoms with van der Waals surface area (Å²) in [5, 5.41) is 17.1. The molecule has 1 aliphatic rings. The highest BCUT2D eigenvalue weighted by Crippen LogP contribution is 2.33. The van der Waals surface area contributed by atoms with Gasteiger partial charge in [0.1, 0.15) is 5.92 Å². The molecular weight excluding hydrogens is 491 g/mol. The molecule has 1 unspecified atom stereocenters. The predicted octanol–water partition coefficient (Wildman–Crippen LogP) is 3.77. The first-order valence-corrected chi connectivity index (χ1v) is 11.5. The topological polar surface area (TPSA) is 81.7 Å². The number of aliphatic carboxylic acids is 1. The highest BCUT2D eigenvalue weighted by molar-refractivity contribution is 8.02. The Bertz CT molecular complexity index is 1140. The van der Waals surface area contributed by atoms with Gasteiger partial charge in [-0.05, 0) is 41.8 Å². The summed E-state index contributed by atoms with van der Waals surface area (Å²) < 4.78 is 40.0. The maximum absolute atomic E-state index is 13.3. The van der Waals surface area contributed by atoms with E-state index >= 15 is 0 Å². The Hall–Kier alpha value is -2.82. The molecule has 1 amide bonds. The Morgan fingerprint density at radius 2 is 1.94 bits per heavy atom. The van der Waals surface area contributed by atoms with Gasteiger partial charge in [0.2, 0.25) is 5.91 Å². The van der Waals surface area contributed by atoms with E-state index in [1.54, 1.807) is 25.2 Å². The number of hydrogen-bond acceptors (Lipinski definition) is 4. The minimum Gasteiger partial charge on any atom is -0.480 e. The summed E-state index contributed by atoms with van der Waals surface area (Å²) in [6.07, 6.45) is -4.55. The number of nitrogens with one attached hydrogen (secondary N) is 2. The van der Waals surface area contributed by atoms with E-state index in [0.29, 0.717) is 27.1 Å². The van der Waals surface area contributed by atoms with E-state index in [4.69, 9.17) is 16.7 Å². The van der Waals surface area contributed by atoms with Gasteiger partial charge in [-0.1, -0.05) is 41.9 Å². The van der Waals surface area contributed by atoms with Crippen LogP contribution in [0, 0.1) is 0 Å². The number of hydrogen-bond donors (Lipinski definition) is 4. The van der Waals surface area contributed by atoms with Crippen LogP contribution in [0.15, 0.2) is 53.9 Å². The average Bonchev–Trinajstić information content (AvgIpc) is 3.23. The fourth-order valence-corrected chi connectivity index (χ4v) is 4.67. The van der Waals surface area contributed by atoms with Crippen molar-refractivity contribution in [1.29, 1.82) is 0 Å². The monoisotopic (exact) mass is 513 g/mol. The highest BCUT2D eigenvalue weighted by atomic mass is 35.5. The van der Waals surface area contributed by atoms with E-state index in [9.17, 15) is 22.8 Å². The van der Waals surface area contributed by atoms with Crippen LogP contribution in [-0.4, -0.2) is 53.6 Å². The summed E-state index contributed by atoms with van der Waals surface area (Å²) in [6.45, 7) is 0.202. The highest BCUT2D eigenvalue weighted by Gasteiger charge is 2.33. The lowest BCUT2D eigenvalue weighted by Gasteiger charge is -2.22. The lowest BCUT2D eigenvalue weighted by Crippen LogP contribution is -2.41. The second-order valence-electron chi connectivity index (χ2n) is 7.67. The summed E-state index contributed by atoms with van der Waals surface area (Å²) in [4.78, 5) is 26.0. The maximum Gasteiger partial charge on any atom is 0.416 e. The van der Waals surface area contributed by atoms with Gasteiger partial charge >= 0.3 is 12.1 Å². The lowest BCUT2D eigenvalue weighted by molar-refractivity contribution is -0.138. The van der Waals surface area contributed by atoms with Gasteiger partial charge in [0.05, 0.1) is 22.8 Å². The van der Waals surface area contributed by atoms with Gasteiger partial charge in [0.15, 0.2) is 0 Å². The number of amides is 1. The maximum atomic E-state index is 13.3. The van der Waals surface area contributed by atoms with Crippen LogP contribution >= 0.6 is 23.0 Å². The van der Waals surface area contributed by atoms with Crippen molar-refractivity contribution in [2.24, 2.45) is 0 Å². The lowest BCUT2D eigenvalue weighted by atomic mass is 9.95. The van der Waals surface area contributed by atoms with Crippen molar-refractivity contribution in [3.63, 3.8) is 0 Å². The van der Waals surface area contributed by atoms with Crippen LogP contribution < -0.4 is 10.6 Å². The number of thiol groups is 1. The molecule has 0 saturated heterocycles. The fourth-order valence-electron chi connectivity index (χ4n) is 3.40. The zero-order chi connectivity index (χ0) is 24.9. The minimum absolute atomic E-state index is 0.136. The summed E-state index contributed by atoms with van der Waals surface area (Å²) in [7, 11) is 1.59. The molecular formula is C23H23ClF3N3O3S. The second kappa shape index (κ2) is 11.1. The summed E-state index contributed by atoms with van der Waals surface area (Å²) in [6, 6.07) is 11.8. The molecule has 34 heavy (non-hydrogen) atoms. The molecule has 0 saturated carbocycles. The molecule has 2 aromatic carbocycles. The average molecular weight is 514 g/mol. The third-order valence-electron chi connectivity index (χ3n) is 5.01. The molecule has 0 aromatic heterocycles. The van der Waals surface area contributed by atoms with Crippen LogP contribution in [0.3, 0.4) is 0 Å². The molecule has 0 fully saturated rings. The molecule has 3 N–H and O–H groups in total. The van der Waals surface area contributed by atoms with E-state index in [0.717, 1.165) is 17.7 Å². The number of likely N-dealkylation sites (N-methyl/N-ethyl adjacent to an activating group) is 1. The molecule has 3 rings (SSSR count). The number of carboxylic acid groups (broad SMARTS) is 1. The van der Waals surface area contributed by atoms with Gasteiger partial charge < -0.3 is 15.7 Å². The van der Waals surface area contributed by atoms with Crippen LogP contribution in [0.1, 0.15) is 22.6 Å². The minimum atomic E-state index is -4.55.